The average Bonchev–Trinajstić information content (AvgIpc) is 3.01. The molecule has 1 heterocycles. The summed E-state index contributed by atoms with van der Waals surface area (Å²) in [5.41, 5.74) is 2.01. The molecule has 4 nitrogen and oxygen atoms in total. The molecule has 2 aromatic rings. The number of allylic oxidation sites excluding steroid dienone is 2. The van der Waals surface area contributed by atoms with Crippen LogP contribution in [0.25, 0.3) is 5.69 Å². The molecular weight excluding hydrogens is 291 g/mol. The van der Waals surface area contributed by atoms with Crippen LogP contribution in [-0.2, 0) is 0 Å². The van der Waals surface area contributed by atoms with E-state index in [1.54, 1.807) is 43.7 Å². The molecule has 0 amide bonds. The van der Waals surface area contributed by atoms with Crippen LogP contribution in [-0.4, -0.2) is 15.5 Å². The van der Waals surface area contributed by atoms with E-state index in [4.69, 9.17) is 5.26 Å². The molecule has 0 saturated carbocycles. The van der Waals surface area contributed by atoms with Gasteiger partial charge in [-0.3, -0.25) is 4.99 Å². The molecule has 0 unspecified atom stereocenters. The van der Waals surface area contributed by atoms with Gasteiger partial charge in [0.25, 0.3) is 0 Å². The van der Waals surface area contributed by atoms with Crippen LogP contribution in [0, 0.1) is 29.0 Å². The minimum atomic E-state index is -0.487. The normalized spacial score (nSPS) is 10.9. The molecule has 0 atom stereocenters. The topological polar surface area (TPSA) is 54.0 Å². The van der Waals surface area contributed by atoms with Crippen LogP contribution in [0.4, 0.5) is 4.39 Å². The standard InChI is InChI=1S/C18H13FN4/c1-3-4-7-21-14(2)5-6-15-12-22-23(13-15)18-9-16(11-20)8-17(19)10-18/h3-4,7-10,12-13H,1H2,2H3/b7-4-,21-14?. The lowest BCUT2D eigenvalue weighted by Gasteiger charge is -2.01. The van der Waals surface area contributed by atoms with Gasteiger partial charge in [0.15, 0.2) is 0 Å². The van der Waals surface area contributed by atoms with Crippen LogP contribution in [0.5, 0.6) is 0 Å². The lowest BCUT2D eigenvalue weighted by atomic mass is 10.2. The van der Waals surface area contributed by atoms with E-state index in [0.29, 0.717) is 17.0 Å². The van der Waals surface area contributed by atoms with Crippen LogP contribution < -0.4 is 0 Å². The Kier molecular flexibility index (Phi) is 5.22. The molecule has 0 aliphatic rings. The number of rotatable bonds is 3. The van der Waals surface area contributed by atoms with E-state index in [0.717, 1.165) is 0 Å². The highest BCUT2D eigenvalue weighted by Crippen LogP contribution is 2.13. The van der Waals surface area contributed by atoms with Crippen LogP contribution in [0.1, 0.15) is 18.1 Å². The summed E-state index contributed by atoms with van der Waals surface area (Å²) in [6.07, 6.45) is 8.17. The Balaban J connectivity index is 2.24. The molecule has 0 spiro atoms. The number of benzene rings is 1. The highest BCUT2D eigenvalue weighted by Gasteiger charge is 2.04. The van der Waals surface area contributed by atoms with Gasteiger partial charge in [-0.1, -0.05) is 18.6 Å². The highest BCUT2D eigenvalue weighted by atomic mass is 19.1. The molecule has 0 aliphatic carbocycles. The Labute approximate surface area is 133 Å². The van der Waals surface area contributed by atoms with Gasteiger partial charge in [-0.15, -0.1) is 0 Å². The van der Waals surface area contributed by atoms with Crippen molar-refractivity contribution in [2.75, 3.05) is 0 Å². The summed E-state index contributed by atoms with van der Waals surface area (Å²) < 4.78 is 14.9. The molecule has 0 saturated heterocycles. The quantitative estimate of drug-likeness (QED) is 0.496. The second-order valence-corrected chi connectivity index (χ2v) is 4.53. The monoisotopic (exact) mass is 304 g/mol. The summed E-state index contributed by atoms with van der Waals surface area (Å²) >= 11 is 0. The molecule has 0 fully saturated rings. The number of hydrogen-bond acceptors (Lipinski definition) is 3. The number of aromatic nitrogens is 2. The molecule has 1 aromatic heterocycles. The molecule has 0 aliphatic heterocycles. The Bertz CT molecular complexity index is 886. The molecule has 0 bridgehead atoms. The molecule has 5 heteroatoms. The zero-order valence-corrected chi connectivity index (χ0v) is 12.5. The third-order valence-electron chi connectivity index (χ3n) is 2.74. The number of nitriles is 1. The van der Waals surface area contributed by atoms with Crippen LogP contribution in [0.3, 0.4) is 0 Å². The Morgan fingerprint density at radius 2 is 2.22 bits per heavy atom. The minimum absolute atomic E-state index is 0.236. The van der Waals surface area contributed by atoms with Gasteiger partial charge in [-0.25, -0.2) is 9.07 Å². The number of halogens is 1. The summed E-state index contributed by atoms with van der Waals surface area (Å²) in [7, 11) is 0. The first kappa shape index (κ1) is 15.9. The SMILES string of the molecule is C=C/C=C\N=C(C)C#Cc1cnn(-c2cc(F)cc(C#N)c2)c1. The van der Waals surface area contributed by atoms with E-state index < -0.39 is 5.82 Å². The van der Waals surface area contributed by atoms with Crippen molar-refractivity contribution in [1.82, 2.24) is 9.78 Å². The first-order valence-corrected chi connectivity index (χ1v) is 6.72. The zero-order valence-electron chi connectivity index (χ0n) is 12.5. The summed E-state index contributed by atoms with van der Waals surface area (Å²) in [4.78, 5) is 4.11. The summed E-state index contributed by atoms with van der Waals surface area (Å²) in [5, 5.41) is 13.0. The van der Waals surface area contributed by atoms with Crippen molar-refractivity contribution in [2.24, 2.45) is 4.99 Å². The van der Waals surface area contributed by atoms with Crippen molar-refractivity contribution in [2.45, 2.75) is 6.92 Å². The zero-order chi connectivity index (χ0) is 16.7. The van der Waals surface area contributed by atoms with E-state index in [2.05, 4.69) is 28.5 Å². The Morgan fingerprint density at radius 1 is 1.39 bits per heavy atom. The van der Waals surface area contributed by atoms with Crippen molar-refractivity contribution in [1.29, 1.82) is 5.26 Å². The smallest absolute Gasteiger partial charge is 0.126 e. The van der Waals surface area contributed by atoms with Gasteiger partial charge in [0, 0.05) is 12.4 Å². The van der Waals surface area contributed by atoms with Gasteiger partial charge in [0.1, 0.15) is 5.82 Å². The third kappa shape index (κ3) is 4.52. The molecule has 0 radical (unpaired) electrons. The van der Waals surface area contributed by atoms with E-state index in [-0.39, 0.29) is 5.56 Å². The largest absolute Gasteiger partial charge is 0.253 e. The molecule has 112 valence electrons. The van der Waals surface area contributed by atoms with Crippen molar-refractivity contribution >= 4 is 5.71 Å². The number of hydrogen-bond donors (Lipinski definition) is 0. The second kappa shape index (κ2) is 7.53. The molecule has 0 N–H and O–H groups in total. The first-order valence-electron chi connectivity index (χ1n) is 6.72. The molecule has 2 rings (SSSR count). The Hall–Kier alpha value is -3.44. The van der Waals surface area contributed by atoms with Gasteiger partial charge in [-0.05, 0) is 37.1 Å². The van der Waals surface area contributed by atoms with Crippen molar-refractivity contribution in [3.05, 3.63) is 72.5 Å². The summed E-state index contributed by atoms with van der Waals surface area (Å²) in [6.45, 7) is 5.34. The van der Waals surface area contributed by atoms with Crippen LogP contribution in [0.2, 0.25) is 0 Å². The second-order valence-electron chi connectivity index (χ2n) is 4.53. The van der Waals surface area contributed by atoms with Crippen molar-refractivity contribution in [3.63, 3.8) is 0 Å². The maximum atomic E-state index is 13.5. The van der Waals surface area contributed by atoms with E-state index in [1.807, 2.05) is 6.07 Å². The molecule has 1 aromatic carbocycles. The molecular formula is C18H13FN4. The van der Waals surface area contributed by atoms with Crippen molar-refractivity contribution < 1.29 is 4.39 Å². The predicted molar refractivity (Wildman–Crippen MR) is 87.6 cm³/mol. The fourth-order valence-corrected chi connectivity index (χ4v) is 1.71. The van der Waals surface area contributed by atoms with Crippen LogP contribution >= 0.6 is 0 Å². The summed E-state index contributed by atoms with van der Waals surface area (Å²) in [6, 6.07) is 5.94. The van der Waals surface area contributed by atoms with Crippen LogP contribution in [0.15, 0.2) is 60.5 Å². The van der Waals surface area contributed by atoms with Gasteiger partial charge < -0.3 is 0 Å². The number of aliphatic imine (C=N–C) groups is 1. The first-order chi connectivity index (χ1) is 11.1. The maximum absolute atomic E-state index is 13.5. The van der Waals surface area contributed by atoms with Gasteiger partial charge in [-0.2, -0.15) is 10.4 Å². The highest BCUT2D eigenvalue weighted by molar-refractivity contribution is 5.99. The van der Waals surface area contributed by atoms with Gasteiger partial charge in [0.05, 0.1) is 34.8 Å². The van der Waals surface area contributed by atoms with E-state index in [9.17, 15) is 4.39 Å². The van der Waals surface area contributed by atoms with Gasteiger partial charge in [0.2, 0.25) is 0 Å². The van der Waals surface area contributed by atoms with Gasteiger partial charge >= 0.3 is 0 Å². The van der Waals surface area contributed by atoms with Crippen molar-refractivity contribution in [3.8, 4) is 23.6 Å². The average molecular weight is 304 g/mol. The Morgan fingerprint density at radius 3 is 2.96 bits per heavy atom. The number of nitrogens with zero attached hydrogens (tertiary/aromatic N) is 4. The maximum Gasteiger partial charge on any atom is 0.126 e. The predicted octanol–water partition coefficient (Wildman–Crippen LogP) is 3.40. The fourth-order valence-electron chi connectivity index (χ4n) is 1.71. The lowest BCUT2D eigenvalue weighted by Crippen LogP contribution is -1.96. The van der Waals surface area contributed by atoms with E-state index >= 15 is 0 Å². The minimum Gasteiger partial charge on any atom is -0.253 e. The van der Waals surface area contributed by atoms with E-state index in [1.165, 1.54) is 16.8 Å². The summed E-state index contributed by atoms with van der Waals surface area (Å²) in [5.74, 6) is 5.33. The fraction of sp³-hybridized carbons (Fsp3) is 0.0556. The molecule has 23 heavy (non-hydrogen) atoms. The third-order valence-corrected chi connectivity index (χ3v) is 2.74. The lowest BCUT2D eigenvalue weighted by molar-refractivity contribution is 0.625.